The molecule has 4 nitrogen and oxygen atoms in total. The highest BCUT2D eigenvalue weighted by atomic mass is 79.9. The van der Waals surface area contributed by atoms with Crippen LogP contribution >= 0.6 is 15.9 Å². The fourth-order valence-corrected chi connectivity index (χ4v) is 0.935. The molecule has 5 heteroatoms. The van der Waals surface area contributed by atoms with E-state index in [1.165, 1.54) is 6.33 Å². The van der Waals surface area contributed by atoms with Crippen LogP contribution in [0.2, 0.25) is 0 Å². The van der Waals surface area contributed by atoms with Gasteiger partial charge in [-0.2, -0.15) is 0 Å². The van der Waals surface area contributed by atoms with E-state index in [1.54, 1.807) is 0 Å². The van der Waals surface area contributed by atoms with Crippen LogP contribution in [-0.2, 0) is 0 Å². The third kappa shape index (κ3) is 1.80. The SMILES string of the molecule is CCOc1nc[nH]c(=O)c1Br. The summed E-state index contributed by atoms with van der Waals surface area (Å²) in [7, 11) is 0. The number of aromatic amines is 1. The fraction of sp³-hybridized carbons (Fsp3) is 0.333. The lowest BCUT2D eigenvalue weighted by Gasteiger charge is -2.00. The summed E-state index contributed by atoms with van der Waals surface area (Å²) in [5.41, 5.74) is -0.233. The number of nitrogens with zero attached hydrogens (tertiary/aromatic N) is 1. The summed E-state index contributed by atoms with van der Waals surface area (Å²) in [6.45, 7) is 2.32. The van der Waals surface area contributed by atoms with Crippen molar-refractivity contribution in [2.24, 2.45) is 0 Å². The Labute approximate surface area is 71.7 Å². The van der Waals surface area contributed by atoms with E-state index in [-0.39, 0.29) is 5.56 Å². The van der Waals surface area contributed by atoms with Gasteiger partial charge in [-0.05, 0) is 22.9 Å². The van der Waals surface area contributed by atoms with E-state index >= 15 is 0 Å². The molecule has 1 rings (SSSR count). The molecule has 0 bridgehead atoms. The molecule has 1 N–H and O–H groups in total. The first-order valence-electron chi connectivity index (χ1n) is 3.11. The minimum absolute atomic E-state index is 0.233. The zero-order valence-electron chi connectivity index (χ0n) is 5.93. The van der Waals surface area contributed by atoms with Gasteiger partial charge in [-0.15, -0.1) is 0 Å². The van der Waals surface area contributed by atoms with Crippen molar-refractivity contribution in [1.29, 1.82) is 0 Å². The van der Waals surface area contributed by atoms with E-state index in [2.05, 4.69) is 25.9 Å². The predicted molar refractivity (Wildman–Crippen MR) is 43.7 cm³/mol. The number of hydrogen-bond donors (Lipinski definition) is 1. The third-order valence-corrected chi connectivity index (χ3v) is 1.74. The number of rotatable bonds is 2. The largest absolute Gasteiger partial charge is 0.477 e. The highest BCUT2D eigenvalue weighted by Gasteiger charge is 2.03. The van der Waals surface area contributed by atoms with Crippen molar-refractivity contribution in [3.63, 3.8) is 0 Å². The fourth-order valence-electron chi connectivity index (χ4n) is 0.604. The molecule has 60 valence electrons. The molecule has 11 heavy (non-hydrogen) atoms. The van der Waals surface area contributed by atoms with Crippen LogP contribution in [-0.4, -0.2) is 16.6 Å². The summed E-state index contributed by atoms with van der Waals surface area (Å²) in [5.74, 6) is 0.330. The van der Waals surface area contributed by atoms with E-state index in [1.807, 2.05) is 6.92 Å². The first-order valence-corrected chi connectivity index (χ1v) is 3.91. The molecule has 0 saturated heterocycles. The smallest absolute Gasteiger partial charge is 0.268 e. The van der Waals surface area contributed by atoms with Crippen molar-refractivity contribution in [3.05, 3.63) is 21.2 Å². The summed E-state index contributed by atoms with van der Waals surface area (Å²) < 4.78 is 5.37. The summed E-state index contributed by atoms with van der Waals surface area (Å²) in [6.07, 6.45) is 1.30. The van der Waals surface area contributed by atoms with Gasteiger partial charge in [-0.3, -0.25) is 4.79 Å². The van der Waals surface area contributed by atoms with Crippen LogP contribution in [0.25, 0.3) is 0 Å². The van der Waals surface area contributed by atoms with Gasteiger partial charge in [0.1, 0.15) is 4.47 Å². The van der Waals surface area contributed by atoms with Gasteiger partial charge in [0, 0.05) is 0 Å². The van der Waals surface area contributed by atoms with Gasteiger partial charge in [-0.25, -0.2) is 4.98 Å². The van der Waals surface area contributed by atoms with E-state index in [0.717, 1.165) is 0 Å². The first-order chi connectivity index (χ1) is 5.25. The maximum atomic E-state index is 10.9. The molecule has 0 saturated carbocycles. The topological polar surface area (TPSA) is 55.0 Å². The Morgan fingerprint density at radius 3 is 3.18 bits per heavy atom. The Hall–Kier alpha value is -0.840. The molecule has 0 aliphatic heterocycles. The molecule has 0 atom stereocenters. The molecule has 1 heterocycles. The molecule has 0 radical (unpaired) electrons. The molecule has 0 fully saturated rings. The van der Waals surface area contributed by atoms with Gasteiger partial charge in [0.25, 0.3) is 5.56 Å². The molecule has 0 spiro atoms. The second-order valence-electron chi connectivity index (χ2n) is 1.78. The van der Waals surface area contributed by atoms with Crippen molar-refractivity contribution >= 4 is 15.9 Å². The quantitative estimate of drug-likeness (QED) is 0.804. The molecule has 1 aromatic heterocycles. The minimum Gasteiger partial charge on any atom is -0.477 e. The standard InChI is InChI=1S/C6H7BrN2O2/c1-2-11-6-4(7)5(10)8-3-9-6/h3H,2H2,1H3,(H,8,9,10). The van der Waals surface area contributed by atoms with Gasteiger partial charge < -0.3 is 9.72 Å². The van der Waals surface area contributed by atoms with Gasteiger partial charge >= 0.3 is 0 Å². The van der Waals surface area contributed by atoms with Gasteiger partial charge in [0.15, 0.2) is 0 Å². The van der Waals surface area contributed by atoms with Crippen molar-refractivity contribution in [2.75, 3.05) is 6.61 Å². The number of halogens is 1. The van der Waals surface area contributed by atoms with Crippen molar-refractivity contribution in [2.45, 2.75) is 6.92 Å². The Morgan fingerprint density at radius 1 is 1.82 bits per heavy atom. The summed E-state index contributed by atoms with van der Waals surface area (Å²) in [5, 5.41) is 0. The molecule has 0 amide bonds. The van der Waals surface area contributed by atoms with Gasteiger partial charge in [0.05, 0.1) is 12.9 Å². The molecule has 0 aliphatic rings. The molecule has 0 unspecified atom stereocenters. The Morgan fingerprint density at radius 2 is 2.55 bits per heavy atom. The molecular formula is C6H7BrN2O2. The van der Waals surface area contributed by atoms with Crippen LogP contribution in [0, 0.1) is 0 Å². The first kappa shape index (κ1) is 8.26. The number of H-pyrrole nitrogens is 1. The normalized spacial score (nSPS) is 9.64. The lowest BCUT2D eigenvalue weighted by molar-refractivity contribution is 0.323. The lowest BCUT2D eigenvalue weighted by atomic mass is 10.6. The number of nitrogens with one attached hydrogen (secondary N) is 1. The number of aromatic nitrogens is 2. The highest BCUT2D eigenvalue weighted by molar-refractivity contribution is 9.10. The average molecular weight is 219 g/mol. The van der Waals surface area contributed by atoms with Crippen LogP contribution in [0.3, 0.4) is 0 Å². The van der Waals surface area contributed by atoms with Crippen LogP contribution in [0.15, 0.2) is 15.6 Å². The number of ether oxygens (including phenoxy) is 1. The van der Waals surface area contributed by atoms with Crippen molar-refractivity contribution in [3.8, 4) is 5.88 Å². The Bertz CT molecular complexity index is 297. The predicted octanol–water partition coefficient (Wildman–Crippen LogP) is 0.931. The van der Waals surface area contributed by atoms with Crippen LogP contribution < -0.4 is 10.3 Å². The maximum Gasteiger partial charge on any atom is 0.268 e. The average Bonchev–Trinajstić information content (AvgIpc) is 1.99. The van der Waals surface area contributed by atoms with E-state index < -0.39 is 0 Å². The van der Waals surface area contributed by atoms with Gasteiger partial charge in [-0.1, -0.05) is 0 Å². The monoisotopic (exact) mass is 218 g/mol. The Kier molecular flexibility index (Phi) is 2.64. The minimum atomic E-state index is -0.233. The molecule has 0 aliphatic carbocycles. The lowest BCUT2D eigenvalue weighted by Crippen LogP contribution is -2.09. The third-order valence-electron chi connectivity index (χ3n) is 1.05. The maximum absolute atomic E-state index is 10.9. The second kappa shape index (κ2) is 3.52. The van der Waals surface area contributed by atoms with Crippen molar-refractivity contribution in [1.82, 2.24) is 9.97 Å². The molecule has 0 aromatic carbocycles. The Balaban J connectivity index is 3.06. The van der Waals surface area contributed by atoms with Crippen LogP contribution in [0.5, 0.6) is 5.88 Å². The summed E-state index contributed by atoms with van der Waals surface area (Å²) >= 11 is 3.05. The van der Waals surface area contributed by atoms with Crippen molar-refractivity contribution < 1.29 is 4.74 Å². The van der Waals surface area contributed by atoms with Crippen LogP contribution in [0.4, 0.5) is 0 Å². The van der Waals surface area contributed by atoms with E-state index in [0.29, 0.717) is 17.0 Å². The van der Waals surface area contributed by atoms with Crippen LogP contribution in [0.1, 0.15) is 6.92 Å². The number of hydrogen-bond acceptors (Lipinski definition) is 3. The van der Waals surface area contributed by atoms with Gasteiger partial charge in [0.2, 0.25) is 5.88 Å². The zero-order valence-corrected chi connectivity index (χ0v) is 7.51. The summed E-state index contributed by atoms with van der Waals surface area (Å²) in [4.78, 5) is 17.1. The van der Waals surface area contributed by atoms with E-state index in [9.17, 15) is 4.79 Å². The molecular weight excluding hydrogens is 212 g/mol. The molecule has 1 aromatic rings. The summed E-state index contributed by atoms with van der Waals surface area (Å²) in [6, 6.07) is 0. The zero-order chi connectivity index (χ0) is 8.27. The van der Waals surface area contributed by atoms with E-state index in [4.69, 9.17) is 4.74 Å². The highest BCUT2D eigenvalue weighted by Crippen LogP contribution is 2.15. The second-order valence-corrected chi connectivity index (χ2v) is 2.58.